The summed E-state index contributed by atoms with van der Waals surface area (Å²) in [5.41, 5.74) is 0.929. The molecule has 2 aliphatic rings. The number of imide groups is 2. The number of amides is 6. The lowest BCUT2D eigenvalue weighted by atomic mass is 10.1. The van der Waals surface area contributed by atoms with Crippen molar-refractivity contribution < 1.29 is 24.0 Å². The van der Waals surface area contributed by atoms with Crippen molar-refractivity contribution in [2.24, 2.45) is 0 Å². The topological polar surface area (TPSA) is 107 Å². The van der Waals surface area contributed by atoms with E-state index >= 15 is 0 Å². The van der Waals surface area contributed by atoms with Crippen LogP contribution in [0.25, 0.3) is 0 Å². The van der Waals surface area contributed by atoms with Gasteiger partial charge in [-0.15, -0.1) is 6.58 Å². The number of nitrogens with zero attached hydrogens (tertiary/aromatic N) is 3. The number of anilines is 2. The van der Waals surface area contributed by atoms with E-state index in [-0.39, 0.29) is 18.9 Å². The van der Waals surface area contributed by atoms with E-state index in [4.69, 9.17) is 0 Å². The Bertz CT molecular complexity index is 865. The monoisotopic (exact) mass is 370 g/mol. The molecule has 0 spiro atoms. The van der Waals surface area contributed by atoms with Crippen LogP contribution in [0.5, 0.6) is 0 Å². The maximum atomic E-state index is 12.9. The molecular weight excluding hydrogens is 352 g/mol. The van der Waals surface area contributed by atoms with Gasteiger partial charge in [0.15, 0.2) is 0 Å². The van der Waals surface area contributed by atoms with Crippen LogP contribution in [0.2, 0.25) is 0 Å². The molecule has 0 unspecified atom stereocenters. The fourth-order valence-electron chi connectivity index (χ4n) is 3.16. The van der Waals surface area contributed by atoms with Gasteiger partial charge >= 0.3 is 17.8 Å². The SMILES string of the molecule is C=CCN1C(=O)C(=O)N(CC(=O)N2c3ccccc3NC(=O)C[C@H]2C)C1=O. The van der Waals surface area contributed by atoms with Gasteiger partial charge in [-0.05, 0) is 19.1 Å². The number of fused-ring (bicyclic) bond motifs is 1. The Morgan fingerprint density at radius 3 is 2.56 bits per heavy atom. The highest BCUT2D eigenvalue weighted by molar-refractivity contribution is 6.45. The number of rotatable bonds is 4. The third-order valence-corrected chi connectivity index (χ3v) is 4.37. The summed E-state index contributed by atoms with van der Waals surface area (Å²) in [7, 11) is 0. The van der Waals surface area contributed by atoms with Crippen molar-refractivity contribution in [1.29, 1.82) is 0 Å². The van der Waals surface area contributed by atoms with E-state index in [1.54, 1.807) is 31.2 Å². The molecule has 1 N–H and O–H groups in total. The van der Waals surface area contributed by atoms with Crippen molar-refractivity contribution in [3.8, 4) is 0 Å². The van der Waals surface area contributed by atoms with E-state index < -0.39 is 36.3 Å². The van der Waals surface area contributed by atoms with Crippen LogP contribution >= 0.6 is 0 Å². The van der Waals surface area contributed by atoms with E-state index in [2.05, 4.69) is 11.9 Å². The van der Waals surface area contributed by atoms with Crippen LogP contribution in [0.15, 0.2) is 36.9 Å². The van der Waals surface area contributed by atoms with E-state index in [9.17, 15) is 24.0 Å². The molecule has 0 bridgehead atoms. The van der Waals surface area contributed by atoms with Gasteiger partial charge in [0, 0.05) is 19.0 Å². The largest absolute Gasteiger partial charge is 0.335 e. The van der Waals surface area contributed by atoms with Crippen LogP contribution in [0.4, 0.5) is 16.2 Å². The Balaban J connectivity index is 1.88. The molecule has 9 heteroatoms. The minimum atomic E-state index is -1.06. The van der Waals surface area contributed by atoms with Gasteiger partial charge in [-0.1, -0.05) is 18.2 Å². The summed E-state index contributed by atoms with van der Waals surface area (Å²) in [5.74, 6) is -2.86. The van der Waals surface area contributed by atoms with E-state index in [0.717, 1.165) is 4.90 Å². The molecule has 0 aliphatic carbocycles. The maximum Gasteiger partial charge on any atom is 0.335 e. The quantitative estimate of drug-likeness (QED) is 0.478. The molecule has 2 heterocycles. The first-order chi connectivity index (χ1) is 12.8. The van der Waals surface area contributed by atoms with Gasteiger partial charge < -0.3 is 10.2 Å². The second-order valence-corrected chi connectivity index (χ2v) is 6.26. The zero-order valence-electron chi connectivity index (χ0n) is 14.7. The zero-order chi connectivity index (χ0) is 19.7. The third kappa shape index (κ3) is 3.19. The molecule has 140 valence electrons. The molecule has 1 fully saturated rings. The summed E-state index contributed by atoms with van der Waals surface area (Å²) < 4.78 is 0. The molecule has 27 heavy (non-hydrogen) atoms. The second-order valence-electron chi connectivity index (χ2n) is 6.26. The number of para-hydroxylation sites is 2. The molecule has 1 saturated heterocycles. The van der Waals surface area contributed by atoms with Crippen molar-refractivity contribution in [1.82, 2.24) is 9.80 Å². The van der Waals surface area contributed by atoms with Crippen LogP contribution in [0.3, 0.4) is 0 Å². The van der Waals surface area contributed by atoms with Gasteiger partial charge in [0.25, 0.3) is 0 Å². The van der Waals surface area contributed by atoms with Crippen LogP contribution in [0.1, 0.15) is 13.3 Å². The molecule has 0 aromatic heterocycles. The predicted octanol–water partition coefficient (Wildman–Crippen LogP) is 0.727. The van der Waals surface area contributed by atoms with E-state index in [1.165, 1.54) is 11.0 Å². The number of benzene rings is 1. The van der Waals surface area contributed by atoms with Crippen molar-refractivity contribution in [2.45, 2.75) is 19.4 Å². The Morgan fingerprint density at radius 1 is 1.19 bits per heavy atom. The second kappa shape index (κ2) is 7.02. The predicted molar refractivity (Wildman–Crippen MR) is 95.7 cm³/mol. The number of carbonyl (C=O) groups excluding carboxylic acids is 5. The smallest absolute Gasteiger partial charge is 0.324 e. The Kier molecular flexibility index (Phi) is 4.76. The first-order valence-electron chi connectivity index (χ1n) is 8.34. The number of hydrogen-bond donors (Lipinski definition) is 1. The van der Waals surface area contributed by atoms with Gasteiger partial charge in [-0.25, -0.2) is 9.69 Å². The lowest BCUT2D eigenvalue weighted by Gasteiger charge is -2.29. The van der Waals surface area contributed by atoms with Crippen LogP contribution < -0.4 is 10.2 Å². The minimum Gasteiger partial charge on any atom is -0.324 e. The average molecular weight is 370 g/mol. The lowest BCUT2D eigenvalue weighted by Crippen LogP contribution is -2.47. The summed E-state index contributed by atoms with van der Waals surface area (Å²) >= 11 is 0. The molecule has 6 amide bonds. The highest BCUT2D eigenvalue weighted by atomic mass is 16.2. The summed E-state index contributed by atoms with van der Waals surface area (Å²) in [5, 5.41) is 2.73. The fraction of sp³-hybridized carbons (Fsp3) is 0.278. The van der Waals surface area contributed by atoms with E-state index in [1.807, 2.05) is 0 Å². The standard InChI is InChI=1S/C18H18N4O5/c1-3-8-20-16(25)17(26)21(18(20)27)10-15(24)22-11(2)9-14(23)19-12-6-4-5-7-13(12)22/h3-7,11H,1,8-10H2,2H3,(H,19,23)/t11-/m1/s1. The highest BCUT2D eigenvalue weighted by Gasteiger charge is 2.45. The Hall–Kier alpha value is -3.49. The van der Waals surface area contributed by atoms with Gasteiger partial charge in [-0.3, -0.25) is 24.1 Å². The van der Waals surface area contributed by atoms with Crippen LogP contribution in [-0.2, 0) is 19.2 Å². The number of carbonyl (C=O) groups is 5. The molecule has 3 rings (SSSR count). The Labute approximate surface area is 155 Å². The van der Waals surface area contributed by atoms with E-state index in [0.29, 0.717) is 16.3 Å². The van der Waals surface area contributed by atoms with Crippen molar-refractivity contribution >= 4 is 41.0 Å². The molecule has 1 aromatic carbocycles. The number of nitrogens with one attached hydrogen (secondary N) is 1. The first kappa shape index (κ1) is 18.3. The first-order valence-corrected chi connectivity index (χ1v) is 8.34. The average Bonchev–Trinajstić information content (AvgIpc) is 2.75. The molecule has 9 nitrogen and oxygen atoms in total. The summed E-state index contributed by atoms with van der Waals surface area (Å²) in [6.45, 7) is 4.43. The minimum absolute atomic E-state index is 0.0594. The van der Waals surface area contributed by atoms with Crippen molar-refractivity contribution in [3.63, 3.8) is 0 Å². The van der Waals surface area contributed by atoms with Crippen LogP contribution in [-0.4, -0.2) is 58.6 Å². The molecular formula is C18H18N4O5. The number of urea groups is 1. The summed E-state index contributed by atoms with van der Waals surface area (Å²) in [6, 6.07) is 5.41. The summed E-state index contributed by atoms with van der Waals surface area (Å²) in [4.78, 5) is 64.0. The molecule has 1 atom stereocenters. The normalized spacial score (nSPS) is 19.7. The Morgan fingerprint density at radius 2 is 1.85 bits per heavy atom. The zero-order valence-corrected chi connectivity index (χ0v) is 14.7. The highest BCUT2D eigenvalue weighted by Crippen LogP contribution is 2.31. The molecule has 1 aromatic rings. The fourth-order valence-corrected chi connectivity index (χ4v) is 3.16. The molecule has 0 radical (unpaired) electrons. The molecule has 0 saturated carbocycles. The molecule has 2 aliphatic heterocycles. The van der Waals surface area contributed by atoms with Gasteiger partial charge in [0.2, 0.25) is 11.8 Å². The number of hydrogen-bond acceptors (Lipinski definition) is 5. The van der Waals surface area contributed by atoms with Gasteiger partial charge in [0.1, 0.15) is 6.54 Å². The van der Waals surface area contributed by atoms with Crippen LogP contribution in [0, 0.1) is 0 Å². The summed E-state index contributed by atoms with van der Waals surface area (Å²) in [6.07, 6.45) is 1.38. The third-order valence-electron chi connectivity index (χ3n) is 4.37. The van der Waals surface area contributed by atoms with Gasteiger partial charge in [0.05, 0.1) is 11.4 Å². The lowest BCUT2D eigenvalue weighted by molar-refractivity contribution is -0.143. The van der Waals surface area contributed by atoms with Gasteiger partial charge in [-0.2, -0.15) is 0 Å². The van der Waals surface area contributed by atoms with Crippen molar-refractivity contribution in [3.05, 3.63) is 36.9 Å². The maximum absolute atomic E-state index is 12.9. The van der Waals surface area contributed by atoms with Crippen molar-refractivity contribution in [2.75, 3.05) is 23.3 Å².